The molecule has 0 fully saturated rings. The van der Waals surface area contributed by atoms with Gasteiger partial charge in [0.1, 0.15) is 0 Å². The molecular weight excluding hydrogens is 266 g/mol. The van der Waals surface area contributed by atoms with Crippen molar-refractivity contribution >= 4 is 21.1 Å². The predicted molar refractivity (Wildman–Crippen MR) is 72.9 cm³/mol. The lowest BCUT2D eigenvalue weighted by Gasteiger charge is -2.04. The Bertz CT molecular complexity index is 692. The van der Waals surface area contributed by atoms with Crippen LogP contribution < -0.4 is 10.5 Å². The van der Waals surface area contributed by atoms with E-state index in [9.17, 15) is 8.42 Å². The van der Waals surface area contributed by atoms with E-state index in [1.165, 1.54) is 0 Å². The Morgan fingerprint density at radius 3 is 2.89 bits per heavy atom. The van der Waals surface area contributed by atoms with Gasteiger partial charge < -0.3 is 5.32 Å². The van der Waals surface area contributed by atoms with Crippen molar-refractivity contribution in [3.8, 4) is 0 Å². The van der Waals surface area contributed by atoms with Gasteiger partial charge in [-0.3, -0.25) is 4.68 Å². The number of aromatic nitrogens is 3. The highest BCUT2D eigenvalue weighted by Crippen LogP contribution is 2.16. The van der Waals surface area contributed by atoms with Gasteiger partial charge in [-0.25, -0.2) is 18.5 Å². The van der Waals surface area contributed by atoms with E-state index in [1.54, 1.807) is 10.9 Å². The highest BCUT2D eigenvalue weighted by Gasteiger charge is 2.07. The highest BCUT2D eigenvalue weighted by molar-refractivity contribution is 7.89. The van der Waals surface area contributed by atoms with Gasteiger partial charge in [0.2, 0.25) is 10.0 Å². The molecule has 2 heterocycles. The van der Waals surface area contributed by atoms with Crippen LogP contribution in [0.25, 0.3) is 11.0 Å². The zero-order chi connectivity index (χ0) is 14.0. The summed E-state index contributed by atoms with van der Waals surface area (Å²) in [6.07, 6.45) is 1.76. The van der Waals surface area contributed by atoms with Crippen LogP contribution in [-0.4, -0.2) is 35.5 Å². The maximum atomic E-state index is 10.8. The van der Waals surface area contributed by atoms with Crippen LogP contribution in [0.2, 0.25) is 0 Å². The van der Waals surface area contributed by atoms with Crippen LogP contribution in [0.5, 0.6) is 0 Å². The fourth-order valence-corrected chi connectivity index (χ4v) is 2.32. The molecule has 2 aromatic heterocycles. The van der Waals surface area contributed by atoms with Gasteiger partial charge in [-0.15, -0.1) is 0 Å². The van der Waals surface area contributed by atoms with Gasteiger partial charge in [0, 0.05) is 31.7 Å². The van der Waals surface area contributed by atoms with Gasteiger partial charge in [0.15, 0.2) is 5.65 Å². The second kappa shape index (κ2) is 5.24. The van der Waals surface area contributed by atoms with E-state index in [1.807, 2.05) is 20.0 Å². The minimum Gasteiger partial charge on any atom is -0.312 e. The lowest BCUT2D eigenvalue weighted by molar-refractivity contribution is 0.592. The van der Waals surface area contributed by atoms with Crippen LogP contribution in [0, 0.1) is 6.92 Å². The Morgan fingerprint density at radius 1 is 1.47 bits per heavy atom. The smallest absolute Gasteiger partial charge is 0.210 e. The van der Waals surface area contributed by atoms with Crippen molar-refractivity contribution in [1.82, 2.24) is 20.1 Å². The van der Waals surface area contributed by atoms with Gasteiger partial charge in [0.05, 0.1) is 11.4 Å². The summed E-state index contributed by atoms with van der Waals surface area (Å²) < 4.78 is 23.3. The summed E-state index contributed by atoms with van der Waals surface area (Å²) in [4.78, 5) is 4.35. The van der Waals surface area contributed by atoms with Crippen molar-refractivity contribution in [1.29, 1.82) is 0 Å². The summed E-state index contributed by atoms with van der Waals surface area (Å²) in [5.41, 5.74) is 2.75. The molecule has 0 unspecified atom stereocenters. The molecule has 0 bridgehead atoms. The summed E-state index contributed by atoms with van der Waals surface area (Å²) in [7, 11) is -1.55. The quantitative estimate of drug-likeness (QED) is 0.730. The average molecular weight is 283 g/mol. The monoisotopic (exact) mass is 283 g/mol. The number of primary sulfonamides is 1. The molecular formula is C11H17N5O2S. The third kappa shape index (κ3) is 3.49. The van der Waals surface area contributed by atoms with Gasteiger partial charge in [-0.05, 0) is 18.6 Å². The van der Waals surface area contributed by atoms with Gasteiger partial charge in [0.25, 0.3) is 0 Å². The molecule has 0 atom stereocenters. The van der Waals surface area contributed by atoms with Crippen LogP contribution in [0.3, 0.4) is 0 Å². The Hall–Kier alpha value is -1.51. The number of sulfonamides is 1. The second-order valence-electron chi connectivity index (χ2n) is 4.47. The molecule has 0 aromatic carbocycles. The molecule has 0 spiro atoms. The number of nitrogens with two attached hydrogens (primary N) is 1. The van der Waals surface area contributed by atoms with Crippen LogP contribution >= 0.6 is 0 Å². The van der Waals surface area contributed by atoms with E-state index in [2.05, 4.69) is 15.4 Å². The zero-order valence-corrected chi connectivity index (χ0v) is 11.7. The maximum absolute atomic E-state index is 10.8. The van der Waals surface area contributed by atoms with Crippen molar-refractivity contribution < 1.29 is 8.42 Å². The van der Waals surface area contributed by atoms with Crippen molar-refractivity contribution in [3.63, 3.8) is 0 Å². The first-order valence-electron chi connectivity index (χ1n) is 5.86. The summed E-state index contributed by atoms with van der Waals surface area (Å²) in [6.45, 7) is 2.80. The first kappa shape index (κ1) is 13.9. The van der Waals surface area contributed by atoms with Crippen LogP contribution in [0.15, 0.2) is 12.3 Å². The normalized spacial score (nSPS) is 12.2. The number of pyridine rings is 1. The van der Waals surface area contributed by atoms with Crippen LogP contribution in [0.4, 0.5) is 0 Å². The first-order chi connectivity index (χ1) is 8.87. The van der Waals surface area contributed by atoms with Crippen molar-refractivity contribution in [2.75, 3.05) is 12.3 Å². The molecule has 3 N–H and O–H groups in total. The molecule has 0 radical (unpaired) electrons. The van der Waals surface area contributed by atoms with E-state index >= 15 is 0 Å². The van der Waals surface area contributed by atoms with E-state index < -0.39 is 10.0 Å². The summed E-state index contributed by atoms with van der Waals surface area (Å²) >= 11 is 0. The molecule has 7 nitrogen and oxygen atoms in total. The van der Waals surface area contributed by atoms with Crippen molar-refractivity contribution in [3.05, 3.63) is 23.5 Å². The lowest BCUT2D eigenvalue weighted by atomic mass is 10.2. The van der Waals surface area contributed by atoms with E-state index in [4.69, 9.17) is 5.14 Å². The van der Waals surface area contributed by atoms with Crippen molar-refractivity contribution in [2.24, 2.45) is 12.2 Å². The van der Waals surface area contributed by atoms with Crippen LogP contribution in [0.1, 0.15) is 11.3 Å². The minimum absolute atomic E-state index is 0.0748. The topological polar surface area (TPSA) is 103 Å². The molecule has 2 aromatic rings. The number of hydrogen-bond acceptors (Lipinski definition) is 5. The molecule has 104 valence electrons. The summed E-state index contributed by atoms with van der Waals surface area (Å²) in [6, 6.07) is 2.01. The summed E-state index contributed by atoms with van der Waals surface area (Å²) in [5.74, 6) is -0.0748. The summed E-state index contributed by atoms with van der Waals surface area (Å²) in [5, 5.41) is 13.2. The Labute approximate surface area is 111 Å². The molecule has 2 rings (SSSR count). The zero-order valence-electron chi connectivity index (χ0n) is 10.9. The van der Waals surface area contributed by atoms with Gasteiger partial charge in [-0.1, -0.05) is 0 Å². The number of nitrogens with one attached hydrogen (secondary N) is 1. The molecule has 0 aliphatic rings. The lowest BCUT2D eigenvalue weighted by Crippen LogP contribution is -2.26. The average Bonchev–Trinajstić information content (AvgIpc) is 2.59. The minimum atomic E-state index is -3.41. The Morgan fingerprint density at radius 2 is 2.21 bits per heavy atom. The third-order valence-corrected chi connectivity index (χ3v) is 3.59. The Kier molecular flexibility index (Phi) is 3.83. The Balaban J connectivity index is 2.04. The molecule has 8 heteroatoms. The number of fused-ring (bicyclic) bond motifs is 1. The molecule has 0 saturated carbocycles. The largest absolute Gasteiger partial charge is 0.312 e. The number of aryl methyl sites for hydroxylation is 2. The van der Waals surface area contributed by atoms with E-state index in [0.29, 0.717) is 13.1 Å². The maximum Gasteiger partial charge on any atom is 0.210 e. The molecule has 19 heavy (non-hydrogen) atoms. The molecule has 0 amide bonds. The molecule has 0 aliphatic heterocycles. The third-order valence-electron chi connectivity index (χ3n) is 2.81. The van der Waals surface area contributed by atoms with Crippen LogP contribution in [-0.2, 0) is 23.6 Å². The van der Waals surface area contributed by atoms with Crippen molar-refractivity contribution in [2.45, 2.75) is 13.5 Å². The van der Waals surface area contributed by atoms with Gasteiger partial charge in [-0.2, -0.15) is 5.10 Å². The van der Waals surface area contributed by atoms with E-state index in [-0.39, 0.29) is 5.75 Å². The number of nitrogens with zero attached hydrogens (tertiary/aromatic N) is 3. The number of rotatable bonds is 5. The SMILES string of the molecule is Cc1nn(C)c2ncc(CNCCS(N)(=O)=O)cc12. The predicted octanol–water partition coefficient (Wildman–Crippen LogP) is -0.345. The first-order valence-corrected chi connectivity index (χ1v) is 7.58. The van der Waals surface area contributed by atoms with Gasteiger partial charge >= 0.3 is 0 Å². The highest BCUT2D eigenvalue weighted by atomic mass is 32.2. The van der Waals surface area contributed by atoms with E-state index in [0.717, 1.165) is 22.3 Å². The second-order valence-corrected chi connectivity index (χ2v) is 6.20. The fourth-order valence-electron chi connectivity index (χ4n) is 1.89. The molecule has 0 aliphatic carbocycles. The standard InChI is InChI=1S/C11H17N5O2S/c1-8-10-5-9(6-13-3-4-19(12,17)18)7-14-11(10)16(2)15-8/h5,7,13H,3-4,6H2,1-2H3,(H2,12,17,18). The fraction of sp³-hybridized carbons (Fsp3) is 0.455. The number of hydrogen-bond donors (Lipinski definition) is 2. The molecule has 0 saturated heterocycles.